The summed E-state index contributed by atoms with van der Waals surface area (Å²) in [7, 11) is 0. The van der Waals surface area contributed by atoms with Crippen LogP contribution in [0.5, 0.6) is 5.75 Å². The Morgan fingerprint density at radius 2 is 2.17 bits per heavy atom. The molecule has 0 spiro atoms. The van der Waals surface area contributed by atoms with E-state index < -0.39 is 0 Å². The first-order chi connectivity index (χ1) is 5.92. The van der Waals surface area contributed by atoms with Crippen molar-refractivity contribution < 1.29 is 4.74 Å². The molecule has 0 atom stereocenters. The molecule has 0 radical (unpaired) electrons. The highest BCUT2D eigenvalue weighted by Crippen LogP contribution is 2.29. The zero-order chi connectivity index (χ0) is 8.39. The van der Waals surface area contributed by atoms with Crippen LogP contribution in [0.3, 0.4) is 0 Å². The van der Waals surface area contributed by atoms with Crippen LogP contribution in [-0.2, 0) is 0 Å². The fourth-order valence-corrected chi connectivity index (χ4v) is 1.21. The van der Waals surface area contributed by atoms with Crippen LogP contribution in [0.4, 0.5) is 0 Å². The molecular formula is C9H7NO2. The minimum absolute atomic E-state index is 0.429. The lowest BCUT2D eigenvalue weighted by atomic mass is 10.1. The van der Waals surface area contributed by atoms with Gasteiger partial charge in [-0.05, 0) is 23.4 Å². The first-order valence-corrected chi connectivity index (χ1v) is 3.67. The molecule has 1 heterocycles. The number of hydrogen-bond acceptors (Lipinski definition) is 3. The van der Waals surface area contributed by atoms with Gasteiger partial charge in [-0.1, -0.05) is 12.1 Å². The molecule has 2 rings (SSSR count). The molecule has 0 fully saturated rings. The lowest BCUT2D eigenvalue weighted by Crippen LogP contribution is -2.02. The minimum Gasteiger partial charge on any atom is -0.489 e. The second-order valence-corrected chi connectivity index (χ2v) is 2.49. The van der Waals surface area contributed by atoms with Gasteiger partial charge in [0.2, 0.25) is 0 Å². The number of hydrogen-bond donors (Lipinski definition) is 0. The number of fused-ring (bicyclic) bond motifs is 1. The maximum absolute atomic E-state index is 10.3. The van der Waals surface area contributed by atoms with E-state index in [0.717, 1.165) is 11.3 Å². The molecule has 0 aromatic heterocycles. The number of rotatable bonds is 1. The lowest BCUT2D eigenvalue weighted by molar-refractivity contribution is 0.357. The van der Waals surface area contributed by atoms with Crippen LogP contribution in [0, 0.1) is 4.91 Å². The second-order valence-electron chi connectivity index (χ2n) is 2.49. The molecular weight excluding hydrogens is 154 g/mol. The first kappa shape index (κ1) is 7.03. The summed E-state index contributed by atoms with van der Waals surface area (Å²) in [5.74, 6) is 0.731. The van der Waals surface area contributed by atoms with Crippen molar-refractivity contribution in [2.24, 2.45) is 5.18 Å². The fraction of sp³-hybridized carbons (Fsp3) is 0.111. The molecule has 0 bridgehead atoms. The molecule has 3 nitrogen and oxygen atoms in total. The lowest BCUT2D eigenvalue weighted by Gasteiger charge is -2.13. The molecule has 1 aliphatic heterocycles. The molecule has 0 aliphatic carbocycles. The number of benzene rings is 1. The highest BCUT2D eigenvalue weighted by Gasteiger charge is 2.12. The van der Waals surface area contributed by atoms with E-state index in [0.29, 0.717) is 12.3 Å². The SMILES string of the molecule is O=NC1=CCOc2ccccc21. The van der Waals surface area contributed by atoms with Gasteiger partial charge in [-0.25, -0.2) is 0 Å². The molecule has 0 amide bonds. The van der Waals surface area contributed by atoms with Crippen molar-refractivity contribution in [2.45, 2.75) is 0 Å². The summed E-state index contributed by atoms with van der Waals surface area (Å²) < 4.78 is 5.28. The predicted molar refractivity (Wildman–Crippen MR) is 45.7 cm³/mol. The third-order valence-electron chi connectivity index (χ3n) is 1.78. The van der Waals surface area contributed by atoms with E-state index in [1.54, 1.807) is 6.08 Å². The van der Waals surface area contributed by atoms with E-state index in [-0.39, 0.29) is 0 Å². The minimum atomic E-state index is 0.429. The predicted octanol–water partition coefficient (Wildman–Crippen LogP) is 2.19. The highest BCUT2D eigenvalue weighted by molar-refractivity contribution is 5.70. The molecule has 1 aromatic rings. The molecule has 0 saturated carbocycles. The Balaban J connectivity index is 2.55. The number of ether oxygens (including phenoxy) is 1. The maximum atomic E-state index is 10.3. The van der Waals surface area contributed by atoms with Gasteiger partial charge in [-0.15, -0.1) is 4.91 Å². The summed E-state index contributed by atoms with van der Waals surface area (Å²) >= 11 is 0. The van der Waals surface area contributed by atoms with Gasteiger partial charge in [0.1, 0.15) is 18.1 Å². The standard InChI is InChI=1S/C9H7NO2/c11-10-8-5-6-12-9-4-2-1-3-7(8)9/h1-5H,6H2. The van der Waals surface area contributed by atoms with Crippen LogP contribution in [0.1, 0.15) is 5.56 Å². The Kier molecular flexibility index (Phi) is 1.63. The number of para-hydroxylation sites is 1. The fourth-order valence-electron chi connectivity index (χ4n) is 1.21. The van der Waals surface area contributed by atoms with Gasteiger partial charge in [0.05, 0.1) is 0 Å². The Hall–Kier alpha value is -1.64. The summed E-state index contributed by atoms with van der Waals surface area (Å²) in [5.41, 5.74) is 1.25. The van der Waals surface area contributed by atoms with Crippen molar-refractivity contribution in [3.63, 3.8) is 0 Å². The van der Waals surface area contributed by atoms with Gasteiger partial charge in [0, 0.05) is 5.56 Å². The van der Waals surface area contributed by atoms with Crippen molar-refractivity contribution in [1.29, 1.82) is 0 Å². The second kappa shape index (κ2) is 2.77. The van der Waals surface area contributed by atoms with Crippen molar-refractivity contribution in [3.8, 4) is 5.75 Å². The van der Waals surface area contributed by atoms with Crippen LogP contribution in [-0.4, -0.2) is 6.61 Å². The maximum Gasteiger partial charge on any atom is 0.129 e. The van der Waals surface area contributed by atoms with Gasteiger partial charge in [-0.3, -0.25) is 0 Å². The third-order valence-corrected chi connectivity index (χ3v) is 1.78. The van der Waals surface area contributed by atoms with Gasteiger partial charge in [-0.2, -0.15) is 0 Å². The third kappa shape index (κ3) is 0.993. The van der Waals surface area contributed by atoms with E-state index in [4.69, 9.17) is 4.74 Å². The Morgan fingerprint density at radius 3 is 3.00 bits per heavy atom. The number of nitroso groups, excluding NO2 is 1. The van der Waals surface area contributed by atoms with E-state index >= 15 is 0 Å². The molecule has 1 aromatic carbocycles. The largest absolute Gasteiger partial charge is 0.489 e. The van der Waals surface area contributed by atoms with Crippen LogP contribution in [0.2, 0.25) is 0 Å². The molecule has 0 saturated heterocycles. The molecule has 0 N–H and O–H groups in total. The van der Waals surface area contributed by atoms with Crippen molar-refractivity contribution in [1.82, 2.24) is 0 Å². The summed E-state index contributed by atoms with van der Waals surface area (Å²) in [5, 5.41) is 2.92. The molecule has 12 heavy (non-hydrogen) atoms. The molecule has 60 valence electrons. The smallest absolute Gasteiger partial charge is 0.129 e. The van der Waals surface area contributed by atoms with Crippen molar-refractivity contribution in [2.75, 3.05) is 6.61 Å². The Morgan fingerprint density at radius 1 is 1.33 bits per heavy atom. The van der Waals surface area contributed by atoms with E-state index in [1.807, 2.05) is 24.3 Å². The topological polar surface area (TPSA) is 38.7 Å². The Bertz CT molecular complexity index is 344. The van der Waals surface area contributed by atoms with Crippen molar-refractivity contribution in [3.05, 3.63) is 40.8 Å². The van der Waals surface area contributed by atoms with Crippen LogP contribution >= 0.6 is 0 Å². The summed E-state index contributed by atoms with van der Waals surface area (Å²) in [6, 6.07) is 7.37. The van der Waals surface area contributed by atoms with Gasteiger partial charge < -0.3 is 4.74 Å². The van der Waals surface area contributed by atoms with Gasteiger partial charge in [0.25, 0.3) is 0 Å². The summed E-state index contributed by atoms with van der Waals surface area (Å²) in [4.78, 5) is 10.3. The zero-order valence-electron chi connectivity index (χ0n) is 6.36. The van der Waals surface area contributed by atoms with Crippen LogP contribution in [0.15, 0.2) is 35.5 Å². The molecule has 0 unspecified atom stereocenters. The van der Waals surface area contributed by atoms with E-state index in [2.05, 4.69) is 5.18 Å². The quantitative estimate of drug-likeness (QED) is 0.592. The van der Waals surface area contributed by atoms with E-state index in [1.165, 1.54) is 0 Å². The molecule has 1 aliphatic rings. The monoisotopic (exact) mass is 161 g/mol. The highest BCUT2D eigenvalue weighted by atomic mass is 16.5. The van der Waals surface area contributed by atoms with Gasteiger partial charge >= 0.3 is 0 Å². The zero-order valence-corrected chi connectivity index (χ0v) is 6.36. The average Bonchev–Trinajstić information content (AvgIpc) is 2.17. The molecule has 3 heteroatoms. The van der Waals surface area contributed by atoms with Crippen LogP contribution in [0.25, 0.3) is 5.70 Å². The normalized spacial score (nSPS) is 14.2. The van der Waals surface area contributed by atoms with Crippen LogP contribution < -0.4 is 4.74 Å². The van der Waals surface area contributed by atoms with Crippen molar-refractivity contribution >= 4 is 5.70 Å². The average molecular weight is 161 g/mol. The van der Waals surface area contributed by atoms with Gasteiger partial charge in [0.15, 0.2) is 0 Å². The first-order valence-electron chi connectivity index (χ1n) is 3.67. The Labute approximate surface area is 69.6 Å². The van der Waals surface area contributed by atoms with E-state index in [9.17, 15) is 4.91 Å². The number of nitrogens with zero attached hydrogens (tertiary/aromatic N) is 1. The summed E-state index contributed by atoms with van der Waals surface area (Å²) in [6.45, 7) is 0.429. The summed E-state index contributed by atoms with van der Waals surface area (Å²) in [6.07, 6.45) is 1.68.